The summed E-state index contributed by atoms with van der Waals surface area (Å²) in [5, 5.41) is 3.44. The fourth-order valence-electron chi connectivity index (χ4n) is 2.49. The van der Waals surface area contributed by atoms with Crippen LogP contribution in [0.1, 0.15) is 45.1 Å². The molecule has 3 heteroatoms. The number of ether oxygens (including phenoxy) is 2. The maximum absolute atomic E-state index is 5.83. The molecule has 0 radical (unpaired) electrons. The fourth-order valence-corrected chi connectivity index (χ4v) is 2.49. The van der Waals surface area contributed by atoms with E-state index in [4.69, 9.17) is 9.47 Å². The Bertz CT molecular complexity index is 581. The summed E-state index contributed by atoms with van der Waals surface area (Å²) in [6.07, 6.45) is 4.90. The molecule has 0 fully saturated rings. The Kier molecular flexibility index (Phi) is 8.02. The van der Waals surface area contributed by atoms with Crippen molar-refractivity contribution in [2.45, 2.75) is 46.1 Å². The molecule has 2 aromatic carbocycles. The summed E-state index contributed by atoms with van der Waals surface area (Å²) in [5.74, 6) is 1.85. The minimum atomic E-state index is 0.697. The van der Waals surface area contributed by atoms with Crippen LogP contribution in [0.3, 0.4) is 0 Å². The lowest BCUT2D eigenvalue weighted by molar-refractivity contribution is 0.305. The molecule has 24 heavy (non-hydrogen) atoms. The van der Waals surface area contributed by atoms with E-state index >= 15 is 0 Å². The number of unbranched alkanes of at least 4 members (excludes halogenated alkanes) is 3. The number of nitrogens with one attached hydrogen (secondary N) is 1. The van der Waals surface area contributed by atoms with E-state index in [9.17, 15) is 0 Å². The number of hydrogen-bond acceptors (Lipinski definition) is 3. The molecule has 0 aliphatic carbocycles. The summed E-state index contributed by atoms with van der Waals surface area (Å²) in [6.45, 7) is 6.49. The van der Waals surface area contributed by atoms with Gasteiger partial charge >= 0.3 is 0 Å². The number of benzene rings is 2. The van der Waals surface area contributed by atoms with Gasteiger partial charge in [-0.3, -0.25) is 0 Å². The number of anilines is 1. The molecule has 2 rings (SSSR count). The van der Waals surface area contributed by atoms with E-state index in [0.29, 0.717) is 6.61 Å². The van der Waals surface area contributed by atoms with Crippen LogP contribution in [0, 0.1) is 0 Å². The molecule has 0 aromatic heterocycles. The molecule has 0 aliphatic heterocycles. The van der Waals surface area contributed by atoms with Crippen LogP contribution in [-0.4, -0.2) is 13.2 Å². The molecule has 1 N–H and O–H groups in total. The molecule has 0 heterocycles. The smallest absolute Gasteiger partial charge is 0.121 e. The molecule has 0 atom stereocenters. The third-order valence-corrected chi connectivity index (χ3v) is 3.83. The molecule has 0 saturated carbocycles. The summed E-state index contributed by atoms with van der Waals surface area (Å²) in [5.41, 5.74) is 2.30. The Morgan fingerprint density at radius 2 is 1.67 bits per heavy atom. The minimum absolute atomic E-state index is 0.697. The molecular formula is C21H29NO2. The molecule has 0 saturated heterocycles. The Labute approximate surface area is 146 Å². The molecular weight excluding hydrogens is 298 g/mol. The summed E-state index contributed by atoms with van der Waals surface area (Å²) in [4.78, 5) is 0. The molecule has 3 nitrogen and oxygen atoms in total. The average Bonchev–Trinajstić information content (AvgIpc) is 2.62. The summed E-state index contributed by atoms with van der Waals surface area (Å²) in [6, 6.07) is 16.4. The lowest BCUT2D eigenvalue weighted by Crippen LogP contribution is -2.01. The van der Waals surface area contributed by atoms with Gasteiger partial charge in [0.1, 0.15) is 11.5 Å². The highest BCUT2D eigenvalue weighted by atomic mass is 16.5. The summed E-state index contributed by atoms with van der Waals surface area (Å²) in [7, 11) is 0. The predicted octanol–water partition coefficient (Wildman–Crippen LogP) is 5.66. The van der Waals surface area contributed by atoms with Crippen molar-refractivity contribution in [1.82, 2.24) is 0 Å². The van der Waals surface area contributed by atoms with E-state index in [1.807, 2.05) is 31.2 Å². The van der Waals surface area contributed by atoms with Gasteiger partial charge in [0, 0.05) is 18.3 Å². The first kappa shape index (κ1) is 18.2. The highest BCUT2D eigenvalue weighted by Crippen LogP contribution is 2.19. The van der Waals surface area contributed by atoms with Crippen molar-refractivity contribution < 1.29 is 9.47 Å². The van der Waals surface area contributed by atoms with Gasteiger partial charge in [-0.15, -0.1) is 0 Å². The Morgan fingerprint density at radius 1 is 0.833 bits per heavy atom. The van der Waals surface area contributed by atoms with Crippen molar-refractivity contribution in [3.63, 3.8) is 0 Å². The standard InChI is InChI=1S/C21H29NO2/c1-3-5-6-7-15-24-21-10-8-9-19(16-21)22-17-18-11-13-20(14-12-18)23-4-2/h8-14,16,22H,3-7,15,17H2,1-2H3. The van der Waals surface area contributed by atoms with E-state index in [0.717, 1.165) is 36.8 Å². The highest BCUT2D eigenvalue weighted by Gasteiger charge is 1.99. The average molecular weight is 327 g/mol. The topological polar surface area (TPSA) is 30.5 Å². The van der Waals surface area contributed by atoms with E-state index < -0.39 is 0 Å². The number of rotatable bonds is 11. The normalized spacial score (nSPS) is 10.4. The van der Waals surface area contributed by atoms with Crippen LogP contribution >= 0.6 is 0 Å². The molecule has 130 valence electrons. The predicted molar refractivity (Wildman–Crippen MR) is 101 cm³/mol. The molecule has 0 bridgehead atoms. The number of hydrogen-bond donors (Lipinski definition) is 1. The van der Waals surface area contributed by atoms with Crippen molar-refractivity contribution in [1.29, 1.82) is 0 Å². The molecule has 0 unspecified atom stereocenters. The third-order valence-electron chi connectivity index (χ3n) is 3.83. The van der Waals surface area contributed by atoms with Crippen LogP contribution in [0.15, 0.2) is 48.5 Å². The van der Waals surface area contributed by atoms with Gasteiger partial charge in [-0.1, -0.05) is 44.4 Å². The van der Waals surface area contributed by atoms with Gasteiger partial charge in [-0.2, -0.15) is 0 Å². The van der Waals surface area contributed by atoms with Gasteiger partial charge in [-0.25, -0.2) is 0 Å². The van der Waals surface area contributed by atoms with Gasteiger partial charge in [0.2, 0.25) is 0 Å². The van der Waals surface area contributed by atoms with Crippen LogP contribution in [0.4, 0.5) is 5.69 Å². The minimum Gasteiger partial charge on any atom is -0.494 e. The van der Waals surface area contributed by atoms with Crippen LogP contribution < -0.4 is 14.8 Å². The Morgan fingerprint density at radius 3 is 2.42 bits per heavy atom. The van der Waals surface area contributed by atoms with Crippen LogP contribution in [0.25, 0.3) is 0 Å². The molecule has 0 spiro atoms. The molecule has 2 aromatic rings. The highest BCUT2D eigenvalue weighted by molar-refractivity contribution is 5.48. The molecule has 0 amide bonds. The van der Waals surface area contributed by atoms with Crippen molar-refractivity contribution in [2.24, 2.45) is 0 Å². The molecule has 0 aliphatic rings. The zero-order chi connectivity index (χ0) is 17.0. The zero-order valence-electron chi connectivity index (χ0n) is 14.9. The quantitative estimate of drug-likeness (QED) is 0.540. The third kappa shape index (κ3) is 6.53. The first-order valence-electron chi connectivity index (χ1n) is 9.00. The summed E-state index contributed by atoms with van der Waals surface area (Å²) < 4.78 is 11.3. The van der Waals surface area contributed by atoms with Gasteiger partial charge < -0.3 is 14.8 Å². The second kappa shape index (κ2) is 10.6. The van der Waals surface area contributed by atoms with Crippen LogP contribution in [0.5, 0.6) is 11.5 Å². The lowest BCUT2D eigenvalue weighted by Gasteiger charge is -2.10. The largest absolute Gasteiger partial charge is 0.494 e. The van der Waals surface area contributed by atoms with E-state index in [-0.39, 0.29) is 0 Å². The van der Waals surface area contributed by atoms with Crippen molar-refractivity contribution in [3.8, 4) is 11.5 Å². The van der Waals surface area contributed by atoms with E-state index in [2.05, 4.69) is 36.5 Å². The van der Waals surface area contributed by atoms with Gasteiger partial charge in [0.15, 0.2) is 0 Å². The van der Waals surface area contributed by atoms with Crippen molar-refractivity contribution >= 4 is 5.69 Å². The van der Waals surface area contributed by atoms with Crippen molar-refractivity contribution in [3.05, 3.63) is 54.1 Å². The zero-order valence-corrected chi connectivity index (χ0v) is 14.9. The monoisotopic (exact) mass is 327 g/mol. The van der Waals surface area contributed by atoms with Gasteiger partial charge in [0.05, 0.1) is 13.2 Å². The SMILES string of the molecule is CCCCCCOc1cccc(NCc2ccc(OCC)cc2)c1. The van der Waals surface area contributed by atoms with E-state index in [1.165, 1.54) is 24.8 Å². The second-order valence-corrected chi connectivity index (χ2v) is 5.87. The lowest BCUT2D eigenvalue weighted by atomic mass is 10.2. The second-order valence-electron chi connectivity index (χ2n) is 5.87. The maximum Gasteiger partial charge on any atom is 0.121 e. The first-order valence-corrected chi connectivity index (χ1v) is 9.00. The Hall–Kier alpha value is -2.16. The van der Waals surface area contributed by atoms with Crippen LogP contribution in [-0.2, 0) is 6.54 Å². The summed E-state index contributed by atoms with van der Waals surface area (Å²) >= 11 is 0. The van der Waals surface area contributed by atoms with Gasteiger partial charge in [0.25, 0.3) is 0 Å². The maximum atomic E-state index is 5.83. The fraction of sp³-hybridized carbons (Fsp3) is 0.429. The Balaban J connectivity index is 1.78. The van der Waals surface area contributed by atoms with E-state index in [1.54, 1.807) is 0 Å². The first-order chi connectivity index (χ1) is 11.8. The van der Waals surface area contributed by atoms with Gasteiger partial charge in [-0.05, 0) is 43.2 Å². The van der Waals surface area contributed by atoms with Crippen LogP contribution in [0.2, 0.25) is 0 Å². The van der Waals surface area contributed by atoms with Crippen molar-refractivity contribution in [2.75, 3.05) is 18.5 Å².